The number of hydroxylamine groups is 1. The number of Topliss-reactive ketones (excluding diaryl/α,β-unsaturated/α-hetero) is 1. The minimum atomic E-state index is -2.03. The molecule has 1 heterocycles. The Morgan fingerprint density at radius 2 is 1.11 bits per heavy atom. The maximum atomic E-state index is 13.0. The van der Waals surface area contributed by atoms with Gasteiger partial charge in [0.05, 0.1) is 19.3 Å². The van der Waals surface area contributed by atoms with Crippen molar-refractivity contribution in [3.05, 3.63) is 0 Å². The molecule has 0 aromatic heterocycles. The van der Waals surface area contributed by atoms with Crippen LogP contribution in [0.2, 0.25) is 0 Å². The van der Waals surface area contributed by atoms with E-state index in [0.717, 1.165) is 25.7 Å². The van der Waals surface area contributed by atoms with Crippen LogP contribution >= 0.6 is 8.10 Å². The average molecular weight is 663 g/mol. The highest BCUT2D eigenvalue weighted by atomic mass is 31.1. The standard InChI is InChI=1S/C33H67N2O3P.C3H8O3/c1-4-6-8-10-12-14-16-18-20-22-24-26-31(3)33(36)30-32(38-35-29-28-34-39(35)37)27-25-23-21-19-17-15-13-11-9-7-5-2;4-1-3(6)2-5/h31-32,39H,4-30H2,1-3H3,(H,34,37);3-6H,1-2H2. The maximum absolute atomic E-state index is 13.0. The highest BCUT2D eigenvalue weighted by molar-refractivity contribution is 7.39. The number of hydrogen-bond acceptors (Lipinski definition) is 6. The van der Waals surface area contributed by atoms with Crippen LogP contribution in [0, 0.1) is 5.92 Å². The smallest absolute Gasteiger partial charge is 0.224 e. The number of aliphatic hydroxyl groups excluding tert-OH is 3. The van der Waals surface area contributed by atoms with Crippen LogP contribution in [0.1, 0.15) is 181 Å². The zero-order chi connectivity index (χ0) is 33.4. The molecule has 1 aliphatic rings. The highest BCUT2D eigenvalue weighted by Crippen LogP contribution is 2.30. The maximum Gasteiger partial charge on any atom is 0.224 e. The van der Waals surface area contributed by atoms with Crippen molar-refractivity contribution >= 4 is 13.9 Å². The van der Waals surface area contributed by atoms with Gasteiger partial charge in [-0.15, -0.1) is 4.83 Å². The molecule has 3 unspecified atom stereocenters. The molecule has 3 atom stereocenters. The van der Waals surface area contributed by atoms with Gasteiger partial charge in [0.25, 0.3) is 0 Å². The summed E-state index contributed by atoms with van der Waals surface area (Å²) >= 11 is 0. The molecule has 1 fully saturated rings. The fourth-order valence-electron chi connectivity index (χ4n) is 5.72. The minimum absolute atomic E-state index is 0.0979. The van der Waals surface area contributed by atoms with Crippen molar-refractivity contribution < 1.29 is 29.5 Å². The molecule has 0 amide bonds. The van der Waals surface area contributed by atoms with Crippen LogP contribution in [0.3, 0.4) is 0 Å². The van der Waals surface area contributed by atoms with Gasteiger partial charge in [0, 0.05) is 25.4 Å². The molecule has 0 radical (unpaired) electrons. The molecule has 0 aliphatic carbocycles. The lowest BCUT2D eigenvalue weighted by molar-refractivity contribution is -0.146. The lowest BCUT2D eigenvalue weighted by Crippen LogP contribution is -2.27. The third kappa shape index (κ3) is 28.4. The largest absolute Gasteiger partial charge is 0.394 e. The second kappa shape index (κ2) is 33.6. The van der Waals surface area contributed by atoms with Crippen LogP contribution in [-0.2, 0) is 14.2 Å². The van der Waals surface area contributed by atoms with Crippen LogP contribution in [0.25, 0.3) is 0 Å². The third-order valence-corrected chi connectivity index (χ3v) is 10.2. The Labute approximate surface area is 278 Å². The number of ketones is 1. The summed E-state index contributed by atoms with van der Waals surface area (Å²) in [5, 5.41) is 27.0. The van der Waals surface area contributed by atoms with Gasteiger partial charge < -0.3 is 15.3 Å². The predicted molar refractivity (Wildman–Crippen MR) is 190 cm³/mol. The van der Waals surface area contributed by atoms with Gasteiger partial charge >= 0.3 is 0 Å². The summed E-state index contributed by atoms with van der Waals surface area (Å²) in [6.45, 7) is 7.26. The fourth-order valence-corrected chi connectivity index (χ4v) is 6.78. The van der Waals surface area contributed by atoms with Gasteiger partial charge in [0.1, 0.15) is 11.9 Å². The van der Waals surface area contributed by atoms with Crippen LogP contribution in [0.5, 0.6) is 0 Å². The number of nitrogens with zero attached hydrogens (tertiary/aromatic N) is 1. The summed E-state index contributed by atoms with van der Waals surface area (Å²) in [5.41, 5.74) is 0. The molecular weight excluding hydrogens is 587 g/mol. The molecule has 0 bridgehead atoms. The Bertz CT molecular complexity index is 667. The summed E-state index contributed by atoms with van der Waals surface area (Å²) in [6.07, 6.45) is 30.4. The zero-order valence-electron chi connectivity index (χ0n) is 29.8. The monoisotopic (exact) mass is 663 g/mol. The Morgan fingerprint density at radius 1 is 0.711 bits per heavy atom. The first-order chi connectivity index (χ1) is 21.9. The van der Waals surface area contributed by atoms with E-state index in [1.165, 1.54) is 128 Å². The summed E-state index contributed by atoms with van der Waals surface area (Å²) in [4.78, 5) is 20.8. The Balaban J connectivity index is 0.00000292. The lowest BCUT2D eigenvalue weighted by atomic mass is 9.93. The van der Waals surface area contributed by atoms with E-state index in [4.69, 9.17) is 20.2 Å². The molecule has 1 aliphatic heterocycles. The van der Waals surface area contributed by atoms with Gasteiger partial charge in [-0.25, -0.2) is 0 Å². The molecule has 8 nitrogen and oxygen atoms in total. The van der Waals surface area contributed by atoms with Crippen LogP contribution in [0.4, 0.5) is 0 Å². The molecule has 4 N–H and O–H groups in total. The van der Waals surface area contributed by atoms with Crippen molar-refractivity contribution in [3.8, 4) is 0 Å². The first-order valence-electron chi connectivity index (χ1n) is 19.0. The van der Waals surface area contributed by atoms with E-state index < -0.39 is 14.2 Å². The van der Waals surface area contributed by atoms with E-state index in [1.807, 2.05) is 0 Å². The zero-order valence-corrected chi connectivity index (χ0v) is 30.8. The Morgan fingerprint density at radius 3 is 1.47 bits per heavy atom. The number of hydrogen-bond donors (Lipinski definition) is 4. The molecule has 0 aromatic rings. The minimum Gasteiger partial charge on any atom is -0.394 e. The number of rotatable bonds is 31. The summed E-state index contributed by atoms with van der Waals surface area (Å²) in [5.74, 6) is 0.419. The lowest BCUT2D eigenvalue weighted by Gasteiger charge is -2.23. The number of carbonyl (C=O) groups is 1. The topological polar surface area (TPSA) is 119 Å². The SMILES string of the molecule is CCCCCCCCCCCCCC(CC(=O)C(C)CCCCCCCCCCCCC)ON1CCN[PH]1=O.OCC(O)CO. The predicted octanol–water partition coefficient (Wildman–Crippen LogP) is 8.91. The first kappa shape index (κ1) is 44.7. The van der Waals surface area contributed by atoms with E-state index in [1.54, 1.807) is 4.83 Å². The van der Waals surface area contributed by atoms with Crippen molar-refractivity contribution in [2.24, 2.45) is 5.92 Å². The molecule has 45 heavy (non-hydrogen) atoms. The Hall–Kier alpha value is -0.340. The fraction of sp³-hybridized carbons (Fsp3) is 0.972. The molecular formula is C36H75N2O6P. The van der Waals surface area contributed by atoms with Crippen molar-refractivity contribution in [3.63, 3.8) is 0 Å². The highest BCUT2D eigenvalue weighted by Gasteiger charge is 2.26. The molecule has 0 spiro atoms. The molecule has 270 valence electrons. The van der Waals surface area contributed by atoms with E-state index in [9.17, 15) is 9.36 Å². The van der Waals surface area contributed by atoms with E-state index in [0.29, 0.717) is 25.3 Å². The number of carbonyl (C=O) groups excluding carboxylic acids is 1. The van der Waals surface area contributed by atoms with E-state index >= 15 is 0 Å². The second-order valence-electron chi connectivity index (χ2n) is 13.3. The van der Waals surface area contributed by atoms with Gasteiger partial charge in [0.15, 0.2) is 0 Å². The van der Waals surface area contributed by atoms with Crippen molar-refractivity contribution in [1.82, 2.24) is 9.92 Å². The van der Waals surface area contributed by atoms with E-state index in [2.05, 4.69) is 25.9 Å². The average Bonchev–Trinajstić information content (AvgIpc) is 3.45. The van der Waals surface area contributed by atoms with Gasteiger partial charge in [-0.1, -0.05) is 162 Å². The molecule has 1 rings (SSSR count). The second-order valence-corrected chi connectivity index (χ2v) is 14.8. The van der Waals surface area contributed by atoms with Crippen molar-refractivity contribution in [2.45, 2.75) is 193 Å². The first-order valence-corrected chi connectivity index (χ1v) is 20.4. The van der Waals surface area contributed by atoms with Crippen molar-refractivity contribution in [2.75, 3.05) is 26.3 Å². The summed E-state index contributed by atoms with van der Waals surface area (Å²) < 4.78 is 12.2. The quantitative estimate of drug-likeness (QED) is 0.0429. The third-order valence-electron chi connectivity index (χ3n) is 8.86. The number of aliphatic hydroxyl groups is 3. The summed E-state index contributed by atoms with van der Waals surface area (Å²) in [7, 11) is -2.03. The van der Waals surface area contributed by atoms with Crippen LogP contribution < -0.4 is 5.09 Å². The van der Waals surface area contributed by atoms with Gasteiger partial charge in [-0.05, 0) is 12.8 Å². The van der Waals surface area contributed by atoms with Crippen LogP contribution in [0.15, 0.2) is 0 Å². The number of nitrogens with one attached hydrogen (secondary N) is 1. The van der Waals surface area contributed by atoms with Crippen molar-refractivity contribution in [1.29, 1.82) is 0 Å². The number of unbranched alkanes of at least 4 members (excludes halogenated alkanes) is 20. The normalized spacial score (nSPS) is 16.6. The Kier molecular flexibility index (Phi) is 33.3. The molecule has 0 aromatic carbocycles. The van der Waals surface area contributed by atoms with Gasteiger partial charge in [0.2, 0.25) is 8.10 Å². The summed E-state index contributed by atoms with van der Waals surface area (Å²) in [6, 6.07) is 0. The van der Waals surface area contributed by atoms with Crippen LogP contribution in [-0.4, -0.2) is 64.4 Å². The molecule has 0 saturated carbocycles. The van der Waals surface area contributed by atoms with E-state index in [-0.39, 0.29) is 25.2 Å². The van der Waals surface area contributed by atoms with Gasteiger partial charge in [-0.3, -0.25) is 19.3 Å². The molecule has 9 heteroatoms. The van der Waals surface area contributed by atoms with Gasteiger partial charge in [-0.2, -0.15) is 0 Å². The molecule has 1 saturated heterocycles.